The number of nitrogens with zero attached hydrogens (tertiary/aromatic N) is 1. The molecule has 1 N–H and O–H groups in total. The number of aliphatic hydroxyl groups is 1. The highest BCUT2D eigenvalue weighted by molar-refractivity contribution is 6.51. The van der Waals surface area contributed by atoms with Crippen LogP contribution in [0.25, 0.3) is 5.76 Å². The van der Waals surface area contributed by atoms with Crippen molar-refractivity contribution in [2.24, 2.45) is 0 Å². The highest BCUT2D eigenvalue weighted by Gasteiger charge is 2.48. The Balaban J connectivity index is 1.83. The number of Topliss-reactive ketones (excluding diaryl/α,β-unsaturated/α-hetero) is 1. The monoisotopic (exact) mass is 447 g/mol. The van der Waals surface area contributed by atoms with Crippen LogP contribution in [0.2, 0.25) is 0 Å². The zero-order valence-corrected chi connectivity index (χ0v) is 18.7. The van der Waals surface area contributed by atoms with Gasteiger partial charge in [-0.15, -0.1) is 0 Å². The molecular weight excluding hydrogens is 422 g/mol. The molecule has 2 aromatic carbocycles. The van der Waals surface area contributed by atoms with Gasteiger partial charge in [-0.2, -0.15) is 0 Å². The van der Waals surface area contributed by atoms with E-state index < -0.39 is 17.7 Å². The number of carbonyl (C=O) groups is 2. The van der Waals surface area contributed by atoms with E-state index in [-0.39, 0.29) is 11.3 Å². The molecule has 0 spiro atoms. The van der Waals surface area contributed by atoms with E-state index >= 15 is 0 Å². The molecule has 1 aromatic heterocycles. The summed E-state index contributed by atoms with van der Waals surface area (Å²) in [5.74, 6) is -0.0931. The van der Waals surface area contributed by atoms with E-state index in [0.717, 1.165) is 5.56 Å². The van der Waals surface area contributed by atoms with Crippen LogP contribution in [-0.2, 0) is 9.59 Å². The largest absolute Gasteiger partial charge is 0.507 e. The van der Waals surface area contributed by atoms with Crippen LogP contribution in [0, 0.1) is 6.92 Å². The Kier molecular flexibility index (Phi) is 6.22. The number of ketones is 1. The number of carbonyl (C=O) groups excluding carboxylic acids is 2. The van der Waals surface area contributed by atoms with Crippen molar-refractivity contribution >= 4 is 23.1 Å². The normalized spacial score (nSPS) is 17.4. The van der Waals surface area contributed by atoms with Crippen molar-refractivity contribution in [2.75, 3.05) is 18.1 Å². The van der Waals surface area contributed by atoms with Gasteiger partial charge < -0.3 is 19.0 Å². The van der Waals surface area contributed by atoms with Crippen LogP contribution in [0.3, 0.4) is 0 Å². The van der Waals surface area contributed by atoms with Gasteiger partial charge in [0.05, 0.1) is 25.1 Å². The van der Waals surface area contributed by atoms with Crippen molar-refractivity contribution < 1.29 is 28.6 Å². The molecule has 1 fully saturated rings. The van der Waals surface area contributed by atoms with Crippen molar-refractivity contribution in [3.8, 4) is 11.5 Å². The summed E-state index contributed by atoms with van der Waals surface area (Å²) in [5, 5.41) is 11.2. The summed E-state index contributed by atoms with van der Waals surface area (Å²) in [7, 11) is 0. The molecule has 2 heterocycles. The number of hydrogen-bond donors (Lipinski definition) is 1. The third-order valence-corrected chi connectivity index (χ3v) is 5.43. The third-order valence-electron chi connectivity index (χ3n) is 5.43. The van der Waals surface area contributed by atoms with Crippen LogP contribution >= 0.6 is 0 Å². The van der Waals surface area contributed by atoms with Gasteiger partial charge in [0.2, 0.25) is 0 Å². The lowest BCUT2D eigenvalue weighted by Gasteiger charge is -2.23. The van der Waals surface area contributed by atoms with Gasteiger partial charge in [-0.3, -0.25) is 14.5 Å². The summed E-state index contributed by atoms with van der Waals surface area (Å²) < 4.78 is 16.6. The first kappa shape index (κ1) is 22.2. The van der Waals surface area contributed by atoms with Gasteiger partial charge in [0.15, 0.2) is 0 Å². The molecule has 1 aliphatic rings. The molecule has 1 unspecified atom stereocenters. The minimum Gasteiger partial charge on any atom is -0.507 e. The Morgan fingerprint density at radius 1 is 1.03 bits per heavy atom. The zero-order valence-electron chi connectivity index (χ0n) is 18.7. The number of anilines is 1. The van der Waals surface area contributed by atoms with Gasteiger partial charge >= 0.3 is 0 Å². The quantitative estimate of drug-likeness (QED) is 0.311. The van der Waals surface area contributed by atoms with E-state index in [2.05, 4.69) is 0 Å². The van der Waals surface area contributed by atoms with E-state index in [9.17, 15) is 14.7 Å². The number of amides is 1. The van der Waals surface area contributed by atoms with Crippen molar-refractivity contribution in [1.82, 2.24) is 0 Å². The first-order valence-corrected chi connectivity index (χ1v) is 10.8. The maximum Gasteiger partial charge on any atom is 0.300 e. The Morgan fingerprint density at radius 3 is 2.36 bits per heavy atom. The van der Waals surface area contributed by atoms with Crippen LogP contribution in [0.4, 0.5) is 5.69 Å². The van der Waals surface area contributed by atoms with Gasteiger partial charge in [-0.1, -0.05) is 0 Å². The van der Waals surface area contributed by atoms with E-state index in [4.69, 9.17) is 13.9 Å². The SMILES string of the molecule is CCOc1ccc(N2C(=O)C(=O)/C(=C(\O)c3ccc(OCC)c(C)c3)C2c2ccco2)cc1. The summed E-state index contributed by atoms with van der Waals surface area (Å²) in [6, 6.07) is 14.4. The molecule has 3 aromatic rings. The Hall–Kier alpha value is -4.00. The average molecular weight is 447 g/mol. The number of benzene rings is 2. The van der Waals surface area contributed by atoms with E-state index in [1.807, 2.05) is 20.8 Å². The second-order valence-electron chi connectivity index (χ2n) is 7.52. The minimum atomic E-state index is -0.912. The van der Waals surface area contributed by atoms with Crippen LogP contribution in [0.1, 0.15) is 36.8 Å². The standard InChI is InChI=1S/C26H25NO6/c1-4-31-19-11-9-18(10-12-19)27-23(21-7-6-14-33-21)22(25(29)26(27)30)24(28)17-8-13-20(32-5-2)16(3)15-17/h6-15,23,28H,4-5H2,1-3H3/b24-22-. The summed E-state index contributed by atoms with van der Waals surface area (Å²) in [6.07, 6.45) is 1.47. The van der Waals surface area contributed by atoms with E-state index in [1.165, 1.54) is 11.2 Å². The average Bonchev–Trinajstić information content (AvgIpc) is 3.43. The fourth-order valence-electron chi connectivity index (χ4n) is 3.95. The lowest BCUT2D eigenvalue weighted by molar-refractivity contribution is -0.132. The van der Waals surface area contributed by atoms with E-state index in [0.29, 0.717) is 41.7 Å². The summed E-state index contributed by atoms with van der Waals surface area (Å²) in [6.45, 7) is 6.64. The predicted molar refractivity (Wildman–Crippen MR) is 123 cm³/mol. The molecule has 1 atom stereocenters. The molecule has 7 heteroatoms. The van der Waals surface area contributed by atoms with Crippen molar-refractivity contribution in [1.29, 1.82) is 0 Å². The lowest BCUT2D eigenvalue weighted by Crippen LogP contribution is -2.29. The number of aliphatic hydroxyl groups excluding tert-OH is 1. The topological polar surface area (TPSA) is 89.2 Å². The van der Waals surface area contributed by atoms with Crippen LogP contribution in [-0.4, -0.2) is 30.0 Å². The minimum absolute atomic E-state index is 0.0348. The fraction of sp³-hybridized carbons (Fsp3) is 0.231. The Morgan fingerprint density at radius 2 is 1.76 bits per heavy atom. The third kappa shape index (κ3) is 4.09. The second kappa shape index (κ2) is 9.24. The molecule has 4 rings (SSSR count). The molecule has 0 bridgehead atoms. The summed E-state index contributed by atoms with van der Waals surface area (Å²) in [5.41, 5.74) is 1.67. The molecule has 1 amide bonds. The summed E-state index contributed by atoms with van der Waals surface area (Å²) in [4.78, 5) is 27.6. The predicted octanol–water partition coefficient (Wildman–Crippen LogP) is 5.01. The van der Waals surface area contributed by atoms with Gasteiger partial charge in [0, 0.05) is 11.3 Å². The van der Waals surface area contributed by atoms with Gasteiger partial charge in [0.25, 0.3) is 11.7 Å². The molecule has 33 heavy (non-hydrogen) atoms. The number of aryl methyl sites for hydroxylation is 1. The molecular formula is C26H25NO6. The maximum atomic E-state index is 13.1. The fourth-order valence-corrected chi connectivity index (χ4v) is 3.95. The van der Waals surface area contributed by atoms with Crippen LogP contribution < -0.4 is 14.4 Å². The molecule has 1 aliphatic heterocycles. The van der Waals surface area contributed by atoms with Crippen molar-refractivity contribution in [3.05, 3.63) is 83.3 Å². The molecule has 1 saturated heterocycles. The Labute approximate surface area is 191 Å². The lowest BCUT2D eigenvalue weighted by atomic mass is 9.98. The second-order valence-corrected chi connectivity index (χ2v) is 7.52. The van der Waals surface area contributed by atoms with Crippen molar-refractivity contribution in [2.45, 2.75) is 26.8 Å². The molecule has 0 radical (unpaired) electrons. The smallest absolute Gasteiger partial charge is 0.300 e. The number of hydrogen-bond acceptors (Lipinski definition) is 6. The highest BCUT2D eigenvalue weighted by Crippen LogP contribution is 2.42. The Bertz CT molecular complexity index is 1190. The van der Waals surface area contributed by atoms with Crippen LogP contribution in [0.15, 0.2) is 70.9 Å². The molecule has 0 aliphatic carbocycles. The van der Waals surface area contributed by atoms with E-state index in [1.54, 1.807) is 54.6 Å². The first-order chi connectivity index (χ1) is 16.0. The number of ether oxygens (including phenoxy) is 2. The molecule has 7 nitrogen and oxygen atoms in total. The highest BCUT2D eigenvalue weighted by atomic mass is 16.5. The van der Waals surface area contributed by atoms with Crippen molar-refractivity contribution in [3.63, 3.8) is 0 Å². The molecule has 170 valence electrons. The summed E-state index contributed by atoms with van der Waals surface area (Å²) >= 11 is 0. The molecule has 0 saturated carbocycles. The first-order valence-electron chi connectivity index (χ1n) is 10.8. The number of furan rings is 1. The van der Waals surface area contributed by atoms with Gasteiger partial charge in [-0.05, 0) is 80.9 Å². The zero-order chi connectivity index (χ0) is 23.5. The number of rotatable bonds is 7. The van der Waals surface area contributed by atoms with Crippen LogP contribution in [0.5, 0.6) is 11.5 Å². The van der Waals surface area contributed by atoms with Gasteiger partial charge in [-0.25, -0.2) is 0 Å². The van der Waals surface area contributed by atoms with Gasteiger partial charge in [0.1, 0.15) is 29.1 Å². The maximum absolute atomic E-state index is 13.1.